The lowest BCUT2D eigenvalue weighted by atomic mass is 9.84. The van der Waals surface area contributed by atoms with Crippen molar-refractivity contribution in [1.29, 1.82) is 0 Å². The zero-order valence-corrected chi connectivity index (χ0v) is 14.5. The van der Waals surface area contributed by atoms with Crippen LogP contribution in [-0.4, -0.2) is 40.5 Å². The lowest BCUT2D eigenvalue weighted by Crippen LogP contribution is -2.51. The standard InChI is InChI=1S/C17H28N2O2S/c1-14-9-11-19(17(20)18-10-6-12-22(2)21)16(13-14)15-7-4-3-5-8-15/h6-7,12,14,16H,3-5,8-11,13H2,1-2H3,(H,18,20)/b12-6+. The first-order valence-corrected chi connectivity index (χ1v) is 9.92. The molecule has 1 N–H and O–H groups in total. The van der Waals surface area contributed by atoms with E-state index in [0.29, 0.717) is 12.5 Å². The highest BCUT2D eigenvalue weighted by Crippen LogP contribution is 2.32. The summed E-state index contributed by atoms with van der Waals surface area (Å²) in [5, 5.41) is 4.54. The summed E-state index contributed by atoms with van der Waals surface area (Å²) < 4.78 is 11.0. The molecule has 0 aromatic heterocycles. The predicted molar refractivity (Wildman–Crippen MR) is 92.0 cm³/mol. The van der Waals surface area contributed by atoms with Crippen molar-refractivity contribution in [2.45, 2.75) is 51.5 Å². The van der Waals surface area contributed by atoms with Crippen molar-refractivity contribution in [2.24, 2.45) is 5.92 Å². The molecule has 2 rings (SSSR count). The molecule has 3 unspecified atom stereocenters. The molecule has 0 aromatic carbocycles. The number of nitrogens with zero attached hydrogens (tertiary/aromatic N) is 1. The van der Waals surface area contributed by atoms with Crippen LogP contribution in [0.25, 0.3) is 0 Å². The summed E-state index contributed by atoms with van der Waals surface area (Å²) in [5.74, 6) is 0.680. The second kappa shape index (κ2) is 8.51. The molecule has 3 atom stereocenters. The van der Waals surface area contributed by atoms with Crippen LogP contribution in [0, 0.1) is 5.92 Å². The highest BCUT2D eigenvalue weighted by Gasteiger charge is 2.32. The Balaban J connectivity index is 1.97. The van der Waals surface area contributed by atoms with E-state index in [1.807, 2.05) is 4.90 Å². The molecule has 22 heavy (non-hydrogen) atoms. The minimum atomic E-state index is -0.955. The van der Waals surface area contributed by atoms with Gasteiger partial charge in [-0.3, -0.25) is 4.21 Å². The molecule has 0 bridgehead atoms. The Morgan fingerprint density at radius 3 is 3.00 bits per heavy atom. The van der Waals surface area contributed by atoms with Crippen LogP contribution in [0.5, 0.6) is 0 Å². The minimum Gasteiger partial charge on any atom is -0.334 e. The average Bonchev–Trinajstić information content (AvgIpc) is 2.52. The fourth-order valence-electron chi connectivity index (χ4n) is 3.33. The van der Waals surface area contributed by atoms with Crippen LogP contribution in [-0.2, 0) is 10.8 Å². The largest absolute Gasteiger partial charge is 0.334 e. The molecule has 1 heterocycles. The van der Waals surface area contributed by atoms with E-state index in [-0.39, 0.29) is 12.1 Å². The number of carbonyl (C=O) groups excluding carboxylic acids is 1. The number of hydrogen-bond acceptors (Lipinski definition) is 2. The number of allylic oxidation sites excluding steroid dienone is 1. The van der Waals surface area contributed by atoms with Gasteiger partial charge in [0.1, 0.15) is 0 Å². The van der Waals surface area contributed by atoms with Gasteiger partial charge in [-0.15, -0.1) is 0 Å². The average molecular weight is 324 g/mol. The topological polar surface area (TPSA) is 49.4 Å². The van der Waals surface area contributed by atoms with Crippen LogP contribution in [0.15, 0.2) is 23.1 Å². The fourth-order valence-corrected chi connectivity index (χ4v) is 3.70. The molecule has 1 aliphatic carbocycles. The van der Waals surface area contributed by atoms with Gasteiger partial charge in [-0.05, 0) is 49.9 Å². The van der Waals surface area contributed by atoms with Gasteiger partial charge in [-0.1, -0.05) is 24.6 Å². The van der Waals surface area contributed by atoms with Crippen LogP contribution in [0.1, 0.15) is 45.4 Å². The van der Waals surface area contributed by atoms with Crippen LogP contribution in [0.4, 0.5) is 4.79 Å². The van der Waals surface area contributed by atoms with Gasteiger partial charge < -0.3 is 10.2 Å². The third kappa shape index (κ3) is 4.97. The second-order valence-corrected chi connectivity index (χ2v) is 7.69. The number of nitrogens with one attached hydrogen (secondary N) is 1. The van der Waals surface area contributed by atoms with Crippen LogP contribution < -0.4 is 5.32 Å². The van der Waals surface area contributed by atoms with Crippen LogP contribution >= 0.6 is 0 Å². The highest BCUT2D eigenvalue weighted by molar-refractivity contribution is 7.87. The Bertz CT molecular complexity index is 473. The highest BCUT2D eigenvalue weighted by atomic mass is 32.2. The molecule has 124 valence electrons. The molecule has 0 saturated carbocycles. The lowest BCUT2D eigenvalue weighted by Gasteiger charge is -2.40. The monoisotopic (exact) mass is 324 g/mol. The van der Waals surface area contributed by atoms with Crippen LogP contribution in [0.3, 0.4) is 0 Å². The SMILES string of the molecule is CC1CCN(C(=O)NC/C=C/S(C)=O)C(C2=CCCCC2)C1. The summed E-state index contributed by atoms with van der Waals surface area (Å²) in [6.45, 7) is 3.56. The normalized spacial score (nSPS) is 27.5. The number of amides is 2. The maximum Gasteiger partial charge on any atom is 0.318 e. The second-order valence-electron chi connectivity index (χ2n) is 6.42. The van der Waals surface area contributed by atoms with Crippen molar-refractivity contribution in [2.75, 3.05) is 19.3 Å². The summed E-state index contributed by atoms with van der Waals surface area (Å²) in [6, 6.07) is 0.281. The third-order valence-corrected chi connectivity index (χ3v) is 5.11. The summed E-state index contributed by atoms with van der Waals surface area (Å²) in [4.78, 5) is 14.5. The molecule has 5 heteroatoms. The summed E-state index contributed by atoms with van der Waals surface area (Å²) >= 11 is 0. The zero-order valence-electron chi connectivity index (χ0n) is 13.7. The molecule has 0 aromatic rings. The first-order valence-electron chi connectivity index (χ1n) is 8.30. The van der Waals surface area contributed by atoms with E-state index in [2.05, 4.69) is 18.3 Å². The van der Waals surface area contributed by atoms with Crippen molar-refractivity contribution < 1.29 is 9.00 Å². The minimum absolute atomic E-state index is 0.00917. The fraction of sp³-hybridized carbons (Fsp3) is 0.706. The van der Waals surface area contributed by atoms with Gasteiger partial charge in [0.15, 0.2) is 0 Å². The van der Waals surface area contributed by atoms with Crippen molar-refractivity contribution in [3.05, 3.63) is 23.1 Å². The van der Waals surface area contributed by atoms with Gasteiger partial charge in [-0.25, -0.2) is 4.79 Å². The van der Waals surface area contributed by atoms with E-state index in [9.17, 15) is 9.00 Å². The first kappa shape index (κ1) is 17.3. The molecule has 2 amide bonds. The van der Waals surface area contributed by atoms with E-state index in [1.54, 1.807) is 17.7 Å². The van der Waals surface area contributed by atoms with E-state index < -0.39 is 10.8 Å². The van der Waals surface area contributed by atoms with Crippen molar-refractivity contribution >= 4 is 16.8 Å². The van der Waals surface area contributed by atoms with Crippen molar-refractivity contribution in [3.63, 3.8) is 0 Å². The van der Waals surface area contributed by atoms with Gasteiger partial charge in [0.05, 0.1) is 6.04 Å². The molecule has 1 fully saturated rings. The Kier molecular flexibility index (Phi) is 6.68. The third-order valence-electron chi connectivity index (χ3n) is 4.54. The molecular weight excluding hydrogens is 296 g/mol. The lowest BCUT2D eigenvalue weighted by molar-refractivity contribution is 0.144. The van der Waals surface area contributed by atoms with Crippen LogP contribution in [0.2, 0.25) is 0 Å². The molecule has 1 aliphatic heterocycles. The number of urea groups is 1. The number of hydrogen-bond donors (Lipinski definition) is 1. The van der Waals surface area contributed by atoms with E-state index in [1.165, 1.54) is 18.4 Å². The molecule has 1 saturated heterocycles. The zero-order chi connectivity index (χ0) is 15.9. The Labute approximate surface area is 136 Å². The summed E-state index contributed by atoms with van der Waals surface area (Å²) in [7, 11) is -0.955. The Morgan fingerprint density at radius 2 is 2.32 bits per heavy atom. The molecule has 4 nitrogen and oxygen atoms in total. The van der Waals surface area contributed by atoms with Crippen molar-refractivity contribution in [3.8, 4) is 0 Å². The number of piperidine rings is 1. The molecular formula is C17H28N2O2S. The van der Waals surface area contributed by atoms with E-state index in [4.69, 9.17) is 0 Å². The van der Waals surface area contributed by atoms with Gasteiger partial charge in [0.25, 0.3) is 0 Å². The van der Waals surface area contributed by atoms with Gasteiger partial charge in [0, 0.05) is 30.1 Å². The smallest absolute Gasteiger partial charge is 0.318 e. The quantitative estimate of drug-likeness (QED) is 0.807. The Hall–Kier alpha value is -1.10. The number of rotatable bonds is 4. The predicted octanol–water partition coefficient (Wildman–Crippen LogP) is 3.19. The summed E-state index contributed by atoms with van der Waals surface area (Å²) in [6.07, 6.45) is 12.7. The van der Waals surface area contributed by atoms with Gasteiger partial charge in [0.2, 0.25) is 0 Å². The first-order chi connectivity index (χ1) is 10.6. The molecule has 0 radical (unpaired) electrons. The Morgan fingerprint density at radius 1 is 1.50 bits per heavy atom. The van der Waals surface area contributed by atoms with Gasteiger partial charge >= 0.3 is 6.03 Å². The number of likely N-dealkylation sites (tertiary alicyclic amines) is 1. The number of carbonyl (C=O) groups is 1. The molecule has 0 spiro atoms. The van der Waals surface area contributed by atoms with E-state index in [0.717, 1.165) is 32.2 Å². The van der Waals surface area contributed by atoms with Gasteiger partial charge in [-0.2, -0.15) is 0 Å². The molecule has 2 aliphatic rings. The van der Waals surface area contributed by atoms with Crippen molar-refractivity contribution in [1.82, 2.24) is 10.2 Å². The summed E-state index contributed by atoms with van der Waals surface area (Å²) in [5.41, 5.74) is 1.46. The van der Waals surface area contributed by atoms with E-state index >= 15 is 0 Å². The maximum atomic E-state index is 12.5. The maximum absolute atomic E-state index is 12.5.